The first kappa shape index (κ1) is 16.6. The van der Waals surface area contributed by atoms with Crippen LogP contribution in [0.2, 0.25) is 5.02 Å². The molecule has 0 aliphatic heterocycles. The van der Waals surface area contributed by atoms with E-state index in [0.717, 1.165) is 0 Å². The first-order valence-electron chi connectivity index (χ1n) is 6.38. The largest absolute Gasteiger partial charge is 0.395 e. The van der Waals surface area contributed by atoms with Gasteiger partial charge in [-0.1, -0.05) is 11.6 Å². The molecule has 0 saturated heterocycles. The van der Waals surface area contributed by atoms with Crippen LogP contribution in [0.25, 0.3) is 0 Å². The van der Waals surface area contributed by atoms with Gasteiger partial charge in [-0.2, -0.15) is 0 Å². The van der Waals surface area contributed by atoms with E-state index in [4.69, 9.17) is 16.7 Å². The lowest BCUT2D eigenvalue weighted by Crippen LogP contribution is -2.43. The van der Waals surface area contributed by atoms with E-state index in [2.05, 4.69) is 5.32 Å². The Hall–Kier alpha value is -1.43. The fourth-order valence-corrected chi connectivity index (χ4v) is 1.80. The second-order valence-electron chi connectivity index (χ2n) is 4.67. The molecule has 110 valence electrons. The van der Waals surface area contributed by atoms with Gasteiger partial charge >= 0.3 is 0 Å². The molecule has 2 amide bonds. The molecule has 0 aromatic heterocycles. The molecule has 0 aliphatic carbocycles. The summed E-state index contributed by atoms with van der Waals surface area (Å²) in [5.74, 6) is -0.855. The summed E-state index contributed by atoms with van der Waals surface area (Å²) in [5, 5.41) is 11.8. The van der Waals surface area contributed by atoms with Crippen molar-refractivity contribution in [3.05, 3.63) is 34.9 Å². The molecule has 0 saturated carbocycles. The van der Waals surface area contributed by atoms with Crippen LogP contribution >= 0.6 is 11.6 Å². The Morgan fingerprint density at radius 3 is 2.40 bits per heavy atom. The van der Waals surface area contributed by atoms with Crippen LogP contribution in [-0.4, -0.2) is 47.6 Å². The zero-order valence-electron chi connectivity index (χ0n) is 11.6. The summed E-state index contributed by atoms with van der Waals surface area (Å²) in [6, 6.07) is 6.40. The quantitative estimate of drug-likeness (QED) is 0.830. The number of carbonyl (C=O) groups is 2. The van der Waals surface area contributed by atoms with Gasteiger partial charge in [0.15, 0.2) is 0 Å². The van der Waals surface area contributed by atoms with E-state index in [1.807, 2.05) is 13.8 Å². The lowest BCUT2D eigenvalue weighted by Gasteiger charge is -2.24. The van der Waals surface area contributed by atoms with Gasteiger partial charge in [-0.25, -0.2) is 0 Å². The van der Waals surface area contributed by atoms with Gasteiger partial charge in [-0.05, 0) is 38.1 Å². The molecular formula is C14H19ClN2O3. The van der Waals surface area contributed by atoms with Crippen LogP contribution in [0.3, 0.4) is 0 Å². The summed E-state index contributed by atoms with van der Waals surface area (Å²) in [4.78, 5) is 25.4. The highest BCUT2D eigenvalue weighted by Gasteiger charge is 2.16. The summed E-state index contributed by atoms with van der Waals surface area (Å²) < 4.78 is 0. The van der Waals surface area contributed by atoms with Gasteiger partial charge in [0.25, 0.3) is 5.91 Å². The molecular weight excluding hydrogens is 280 g/mol. The standard InChI is InChI=1S/C14H19ClN2O3/c1-10(2)17(7-8-18)9-13(19)16-14(20)11-3-5-12(15)6-4-11/h3-6,10,18H,7-9H2,1-2H3,(H,16,19,20). The van der Waals surface area contributed by atoms with E-state index in [-0.39, 0.29) is 19.2 Å². The highest BCUT2D eigenvalue weighted by atomic mass is 35.5. The number of nitrogens with one attached hydrogen (secondary N) is 1. The van der Waals surface area contributed by atoms with Crippen molar-refractivity contribution >= 4 is 23.4 Å². The molecule has 1 aromatic rings. The maximum atomic E-state index is 11.8. The molecule has 0 heterocycles. The zero-order valence-corrected chi connectivity index (χ0v) is 12.4. The van der Waals surface area contributed by atoms with Crippen molar-refractivity contribution in [2.24, 2.45) is 0 Å². The smallest absolute Gasteiger partial charge is 0.257 e. The third kappa shape index (κ3) is 5.28. The van der Waals surface area contributed by atoms with E-state index in [9.17, 15) is 9.59 Å². The Kier molecular flexibility index (Phi) is 6.64. The predicted molar refractivity (Wildman–Crippen MR) is 77.7 cm³/mol. The van der Waals surface area contributed by atoms with Crippen molar-refractivity contribution in [3.63, 3.8) is 0 Å². The van der Waals surface area contributed by atoms with Crippen molar-refractivity contribution in [2.75, 3.05) is 19.7 Å². The number of aliphatic hydroxyl groups is 1. The van der Waals surface area contributed by atoms with Gasteiger partial charge in [0.2, 0.25) is 5.91 Å². The summed E-state index contributed by atoms with van der Waals surface area (Å²) in [6.45, 7) is 4.27. The Morgan fingerprint density at radius 2 is 1.90 bits per heavy atom. The molecule has 0 unspecified atom stereocenters. The van der Waals surface area contributed by atoms with Crippen molar-refractivity contribution in [2.45, 2.75) is 19.9 Å². The summed E-state index contributed by atoms with van der Waals surface area (Å²) >= 11 is 5.73. The number of nitrogens with zero attached hydrogens (tertiary/aromatic N) is 1. The monoisotopic (exact) mass is 298 g/mol. The number of halogens is 1. The Labute approximate surface area is 123 Å². The van der Waals surface area contributed by atoms with Crippen LogP contribution in [0, 0.1) is 0 Å². The van der Waals surface area contributed by atoms with E-state index < -0.39 is 11.8 Å². The fraction of sp³-hybridized carbons (Fsp3) is 0.429. The summed E-state index contributed by atoms with van der Waals surface area (Å²) in [5.41, 5.74) is 0.376. The fourth-order valence-electron chi connectivity index (χ4n) is 1.67. The molecule has 20 heavy (non-hydrogen) atoms. The Morgan fingerprint density at radius 1 is 1.30 bits per heavy atom. The second-order valence-corrected chi connectivity index (χ2v) is 5.11. The first-order chi connectivity index (χ1) is 9.43. The van der Waals surface area contributed by atoms with E-state index in [1.54, 1.807) is 29.2 Å². The van der Waals surface area contributed by atoms with Crippen molar-refractivity contribution in [3.8, 4) is 0 Å². The maximum Gasteiger partial charge on any atom is 0.257 e. The van der Waals surface area contributed by atoms with Gasteiger partial charge in [0.1, 0.15) is 0 Å². The number of hydrogen-bond acceptors (Lipinski definition) is 4. The van der Waals surface area contributed by atoms with Crippen LogP contribution in [-0.2, 0) is 4.79 Å². The van der Waals surface area contributed by atoms with Crippen LogP contribution in [0.4, 0.5) is 0 Å². The normalized spacial score (nSPS) is 10.9. The molecule has 1 rings (SSSR count). The van der Waals surface area contributed by atoms with E-state index in [0.29, 0.717) is 17.1 Å². The molecule has 0 bridgehead atoms. The Balaban J connectivity index is 2.57. The SMILES string of the molecule is CC(C)N(CCO)CC(=O)NC(=O)c1ccc(Cl)cc1. The molecule has 0 atom stereocenters. The highest BCUT2D eigenvalue weighted by Crippen LogP contribution is 2.09. The van der Waals surface area contributed by atoms with Gasteiger partial charge in [0, 0.05) is 23.2 Å². The average Bonchev–Trinajstić information content (AvgIpc) is 2.38. The molecule has 6 heteroatoms. The number of imide groups is 1. The van der Waals surface area contributed by atoms with Crippen LogP contribution in [0.1, 0.15) is 24.2 Å². The predicted octanol–water partition coefficient (Wildman–Crippen LogP) is 1.30. The number of amides is 2. The molecule has 2 N–H and O–H groups in total. The minimum atomic E-state index is -0.459. The number of benzene rings is 1. The number of aliphatic hydroxyl groups excluding tert-OH is 1. The molecule has 0 fully saturated rings. The summed E-state index contributed by atoms with van der Waals surface area (Å²) in [7, 11) is 0. The van der Waals surface area contributed by atoms with Crippen LogP contribution in [0.15, 0.2) is 24.3 Å². The number of carbonyl (C=O) groups excluding carboxylic acids is 2. The second kappa shape index (κ2) is 7.99. The molecule has 1 aromatic carbocycles. The van der Waals surface area contributed by atoms with Gasteiger partial charge < -0.3 is 5.11 Å². The highest BCUT2D eigenvalue weighted by molar-refractivity contribution is 6.30. The van der Waals surface area contributed by atoms with E-state index >= 15 is 0 Å². The van der Waals surface area contributed by atoms with Gasteiger partial charge in [0.05, 0.1) is 13.2 Å². The average molecular weight is 299 g/mol. The van der Waals surface area contributed by atoms with E-state index in [1.165, 1.54) is 0 Å². The van der Waals surface area contributed by atoms with Crippen LogP contribution < -0.4 is 5.32 Å². The molecule has 5 nitrogen and oxygen atoms in total. The zero-order chi connectivity index (χ0) is 15.1. The van der Waals surface area contributed by atoms with Crippen molar-refractivity contribution in [1.29, 1.82) is 0 Å². The minimum Gasteiger partial charge on any atom is -0.395 e. The number of hydrogen-bond donors (Lipinski definition) is 2. The minimum absolute atomic E-state index is 0.0312. The maximum absolute atomic E-state index is 11.8. The lowest BCUT2D eigenvalue weighted by atomic mass is 10.2. The van der Waals surface area contributed by atoms with Crippen molar-refractivity contribution < 1.29 is 14.7 Å². The Bertz CT molecular complexity index is 460. The van der Waals surface area contributed by atoms with Crippen LogP contribution in [0.5, 0.6) is 0 Å². The summed E-state index contributed by atoms with van der Waals surface area (Å²) in [6.07, 6.45) is 0. The van der Waals surface area contributed by atoms with Gasteiger partial charge in [-0.3, -0.25) is 19.8 Å². The number of rotatable bonds is 6. The van der Waals surface area contributed by atoms with Gasteiger partial charge in [-0.15, -0.1) is 0 Å². The third-order valence-corrected chi connectivity index (χ3v) is 3.08. The lowest BCUT2D eigenvalue weighted by molar-refractivity contribution is -0.121. The molecule has 0 radical (unpaired) electrons. The molecule has 0 aliphatic rings. The topological polar surface area (TPSA) is 69.6 Å². The third-order valence-electron chi connectivity index (χ3n) is 2.82. The van der Waals surface area contributed by atoms with Crippen molar-refractivity contribution in [1.82, 2.24) is 10.2 Å². The molecule has 0 spiro atoms. The first-order valence-corrected chi connectivity index (χ1v) is 6.76.